The average molecular weight is 193 g/mol. The van der Waals surface area contributed by atoms with Crippen molar-refractivity contribution in [2.75, 3.05) is 0 Å². The second-order valence-corrected chi connectivity index (χ2v) is 3.21. The van der Waals surface area contributed by atoms with Crippen LogP contribution in [0.3, 0.4) is 0 Å². The maximum Gasteiger partial charge on any atom is 0.329 e. The number of nitrogens with one attached hydrogen (secondary N) is 2. The van der Waals surface area contributed by atoms with Crippen LogP contribution < -0.4 is 16.6 Å². The first-order valence-corrected chi connectivity index (χ1v) is 4.53. The second kappa shape index (κ2) is 5.24. The molecule has 4 N–H and O–H groups in total. The van der Waals surface area contributed by atoms with E-state index in [0.29, 0.717) is 0 Å². The minimum absolute atomic E-state index is 0.0703. The number of hydrazine groups is 1. The lowest BCUT2D eigenvalue weighted by Crippen LogP contribution is -2.44. The predicted molar refractivity (Wildman–Crippen MR) is 55.5 cm³/mol. The molecule has 1 aromatic carbocycles. The maximum absolute atomic E-state index is 10.9. The first-order chi connectivity index (χ1) is 6.72. The third-order valence-corrected chi connectivity index (χ3v) is 1.89. The van der Waals surface area contributed by atoms with Gasteiger partial charge in [-0.15, -0.1) is 0 Å². The third kappa shape index (κ3) is 3.45. The fourth-order valence-electron chi connectivity index (χ4n) is 1.28. The van der Waals surface area contributed by atoms with Gasteiger partial charge in [-0.05, 0) is 18.9 Å². The van der Waals surface area contributed by atoms with Gasteiger partial charge in [-0.2, -0.15) is 0 Å². The molecule has 0 saturated carbocycles. The molecule has 0 aliphatic carbocycles. The van der Waals surface area contributed by atoms with Crippen LogP contribution in [-0.4, -0.2) is 12.1 Å². The summed E-state index contributed by atoms with van der Waals surface area (Å²) in [5, 5.41) is 2.70. The number of urea groups is 1. The highest BCUT2D eigenvalue weighted by molar-refractivity contribution is 5.73. The van der Waals surface area contributed by atoms with Crippen LogP contribution in [0.5, 0.6) is 0 Å². The largest absolute Gasteiger partial charge is 0.334 e. The first-order valence-electron chi connectivity index (χ1n) is 4.53. The van der Waals surface area contributed by atoms with Crippen LogP contribution in [0.1, 0.15) is 12.5 Å². The molecule has 14 heavy (non-hydrogen) atoms. The zero-order valence-electron chi connectivity index (χ0n) is 8.16. The maximum atomic E-state index is 10.9. The van der Waals surface area contributed by atoms with E-state index in [1.54, 1.807) is 0 Å². The Morgan fingerprint density at radius 2 is 2.07 bits per heavy atom. The van der Waals surface area contributed by atoms with E-state index < -0.39 is 0 Å². The summed E-state index contributed by atoms with van der Waals surface area (Å²) < 4.78 is 0. The molecule has 0 spiro atoms. The molecular weight excluding hydrogens is 178 g/mol. The van der Waals surface area contributed by atoms with E-state index >= 15 is 0 Å². The lowest BCUT2D eigenvalue weighted by atomic mass is 10.1. The van der Waals surface area contributed by atoms with Crippen molar-refractivity contribution < 1.29 is 4.79 Å². The molecule has 0 fully saturated rings. The van der Waals surface area contributed by atoms with Gasteiger partial charge in [-0.3, -0.25) is 5.43 Å². The molecule has 1 aromatic rings. The Morgan fingerprint density at radius 1 is 1.43 bits per heavy atom. The molecular formula is C10H15N3O. The molecule has 0 aliphatic rings. The van der Waals surface area contributed by atoms with E-state index in [0.717, 1.165) is 6.42 Å². The van der Waals surface area contributed by atoms with Gasteiger partial charge in [-0.1, -0.05) is 30.3 Å². The molecule has 4 heteroatoms. The highest BCUT2D eigenvalue weighted by Crippen LogP contribution is 2.02. The topological polar surface area (TPSA) is 67.2 Å². The summed E-state index contributed by atoms with van der Waals surface area (Å²) in [7, 11) is 0. The SMILES string of the molecule is CC(Cc1ccccc1)NC(=O)NN. The molecule has 1 unspecified atom stereocenters. The highest BCUT2D eigenvalue weighted by Gasteiger charge is 2.05. The van der Waals surface area contributed by atoms with Crippen LogP contribution >= 0.6 is 0 Å². The van der Waals surface area contributed by atoms with Gasteiger partial charge in [0.2, 0.25) is 0 Å². The summed E-state index contributed by atoms with van der Waals surface area (Å²) in [5.74, 6) is 4.95. The van der Waals surface area contributed by atoms with Gasteiger partial charge < -0.3 is 5.32 Å². The fourth-order valence-corrected chi connectivity index (χ4v) is 1.28. The summed E-state index contributed by atoms with van der Waals surface area (Å²) in [6.45, 7) is 1.93. The van der Waals surface area contributed by atoms with Crippen molar-refractivity contribution in [3.8, 4) is 0 Å². The van der Waals surface area contributed by atoms with Crippen molar-refractivity contribution in [3.63, 3.8) is 0 Å². The van der Waals surface area contributed by atoms with Gasteiger partial charge in [0.1, 0.15) is 0 Å². The Morgan fingerprint density at radius 3 is 2.64 bits per heavy atom. The number of nitrogens with two attached hydrogens (primary N) is 1. The molecule has 0 aliphatic heterocycles. The van der Waals surface area contributed by atoms with Crippen LogP contribution in [0, 0.1) is 0 Å². The second-order valence-electron chi connectivity index (χ2n) is 3.21. The molecule has 4 nitrogen and oxygen atoms in total. The van der Waals surface area contributed by atoms with Crippen LogP contribution in [0.15, 0.2) is 30.3 Å². The number of rotatable bonds is 3. The van der Waals surface area contributed by atoms with Crippen LogP contribution in [0.25, 0.3) is 0 Å². The summed E-state index contributed by atoms with van der Waals surface area (Å²) in [5.41, 5.74) is 3.22. The fraction of sp³-hybridized carbons (Fsp3) is 0.300. The number of carbonyl (C=O) groups is 1. The van der Waals surface area contributed by atoms with E-state index in [4.69, 9.17) is 5.84 Å². The van der Waals surface area contributed by atoms with Crippen molar-refractivity contribution in [2.45, 2.75) is 19.4 Å². The van der Waals surface area contributed by atoms with Crippen molar-refractivity contribution in [2.24, 2.45) is 5.84 Å². The van der Waals surface area contributed by atoms with Gasteiger partial charge in [-0.25, -0.2) is 10.6 Å². The Labute approximate surface area is 83.5 Å². The van der Waals surface area contributed by atoms with Gasteiger partial charge in [0.05, 0.1) is 0 Å². The number of benzene rings is 1. The molecule has 1 rings (SSSR count). The lowest BCUT2D eigenvalue weighted by molar-refractivity contribution is 0.238. The zero-order chi connectivity index (χ0) is 10.4. The Hall–Kier alpha value is -1.55. The molecule has 0 bridgehead atoms. The standard InChI is InChI=1S/C10H15N3O/c1-8(12-10(14)13-11)7-9-5-3-2-4-6-9/h2-6,8H,7,11H2,1H3,(H2,12,13,14). The van der Waals surface area contributed by atoms with Gasteiger partial charge in [0, 0.05) is 6.04 Å². The van der Waals surface area contributed by atoms with Crippen molar-refractivity contribution in [1.82, 2.24) is 10.7 Å². The van der Waals surface area contributed by atoms with Gasteiger partial charge in [0.25, 0.3) is 0 Å². The van der Waals surface area contributed by atoms with E-state index in [9.17, 15) is 4.79 Å². The van der Waals surface area contributed by atoms with Crippen LogP contribution in [-0.2, 0) is 6.42 Å². The summed E-state index contributed by atoms with van der Waals surface area (Å²) in [4.78, 5) is 10.9. The predicted octanol–water partition coefficient (Wildman–Crippen LogP) is 0.791. The first kappa shape index (κ1) is 10.5. The molecule has 0 heterocycles. The summed E-state index contributed by atoms with van der Waals surface area (Å²) in [6.07, 6.45) is 0.800. The van der Waals surface area contributed by atoms with E-state index in [2.05, 4.69) is 5.32 Å². The Kier molecular flexibility index (Phi) is 3.94. The molecule has 0 aromatic heterocycles. The molecule has 1 atom stereocenters. The molecule has 0 saturated heterocycles. The van der Waals surface area contributed by atoms with Crippen molar-refractivity contribution >= 4 is 6.03 Å². The number of hydrogen-bond donors (Lipinski definition) is 3. The van der Waals surface area contributed by atoms with Crippen molar-refractivity contribution in [1.29, 1.82) is 0 Å². The molecule has 0 radical (unpaired) electrons. The monoisotopic (exact) mass is 193 g/mol. The average Bonchev–Trinajstić information content (AvgIpc) is 2.19. The van der Waals surface area contributed by atoms with Crippen LogP contribution in [0.4, 0.5) is 4.79 Å². The van der Waals surface area contributed by atoms with E-state index in [1.165, 1.54) is 5.56 Å². The summed E-state index contributed by atoms with van der Waals surface area (Å²) >= 11 is 0. The quantitative estimate of drug-likeness (QED) is 0.377. The van der Waals surface area contributed by atoms with Crippen molar-refractivity contribution in [3.05, 3.63) is 35.9 Å². The highest BCUT2D eigenvalue weighted by atomic mass is 16.2. The van der Waals surface area contributed by atoms with E-state index in [-0.39, 0.29) is 12.1 Å². The molecule has 2 amide bonds. The minimum Gasteiger partial charge on any atom is -0.334 e. The van der Waals surface area contributed by atoms with Crippen LogP contribution in [0.2, 0.25) is 0 Å². The smallest absolute Gasteiger partial charge is 0.329 e. The zero-order valence-corrected chi connectivity index (χ0v) is 8.16. The molecule has 76 valence electrons. The normalized spacial score (nSPS) is 11.9. The number of amides is 2. The minimum atomic E-state index is -0.353. The lowest BCUT2D eigenvalue weighted by Gasteiger charge is -2.12. The summed E-state index contributed by atoms with van der Waals surface area (Å²) in [6, 6.07) is 9.69. The Bertz CT molecular complexity index is 287. The number of carbonyl (C=O) groups excluding carboxylic acids is 1. The third-order valence-electron chi connectivity index (χ3n) is 1.89. The Balaban J connectivity index is 2.41. The van der Waals surface area contributed by atoms with Gasteiger partial charge >= 0.3 is 6.03 Å². The van der Waals surface area contributed by atoms with E-state index in [1.807, 2.05) is 42.7 Å². The number of hydrogen-bond acceptors (Lipinski definition) is 2. The van der Waals surface area contributed by atoms with Gasteiger partial charge in [0.15, 0.2) is 0 Å².